The molecule has 1 heterocycles. The van der Waals surface area contributed by atoms with Gasteiger partial charge < -0.3 is 11.1 Å². The maximum atomic E-state index is 10.9. The van der Waals surface area contributed by atoms with Gasteiger partial charge in [0.05, 0.1) is 23.2 Å². The third-order valence-electron chi connectivity index (χ3n) is 3.07. The lowest BCUT2D eigenvalue weighted by atomic mass is 10.1. The van der Waals surface area contributed by atoms with Crippen LogP contribution in [-0.2, 0) is 11.2 Å². The topological polar surface area (TPSA) is 68.0 Å². The molecule has 1 atom stereocenters. The van der Waals surface area contributed by atoms with Crippen molar-refractivity contribution in [3.8, 4) is 0 Å². The summed E-state index contributed by atoms with van der Waals surface area (Å²) in [5.74, 6) is -0.312. The zero-order valence-corrected chi connectivity index (χ0v) is 12.8. The molecular formula is C15H19N3OS. The van der Waals surface area contributed by atoms with Gasteiger partial charge in [0.15, 0.2) is 0 Å². The van der Waals surface area contributed by atoms with E-state index in [2.05, 4.69) is 24.1 Å². The molecule has 1 aromatic carbocycles. The first-order chi connectivity index (χ1) is 9.45. The van der Waals surface area contributed by atoms with E-state index in [0.717, 1.165) is 22.0 Å². The standard InChI is InChI=1S/C15H19N3OS/c1-9(15-10(2)20-11(3)18-15)17-13-6-4-12(5-7-13)8-14(16)19/h4-7,9,17H,8H2,1-3H3,(H2,16,19). The van der Waals surface area contributed by atoms with Gasteiger partial charge in [-0.25, -0.2) is 4.98 Å². The molecule has 0 fully saturated rings. The summed E-state index contributed by atoms with van der Waals surface area (Å²) in [6, 6.07) is 7.91. The van der Waals surface area contributed by atoms with E-state index in [0.29, 0.717) is 0 Å². The summed E-state index contributed by atoms with van der Waals surface area (Å²) in [4.78, 5) is 16.7. The Morgan fingerprint density at radius 3 is 2.50 bits per heavy atom. The van der Waals surface area contributed by atoms with E-state index in [-0.39, 0.29) is 18.4 Å². The Morgan fingerprint density at radius 2 is 2.00 bits per heavy atom. The lowest BCUT2D eigenvalue weighted by Crippen LogP contribution is -2.13. The number of rotatable bonds is 5. The summed E-state index contributed by atoms with van der Waals surface area (Å²) in [7, 11) is 0. The highest BCUT2D eigenvalue weighted by Crippen LogP contribution is 2.25. The highest BCUT2D eigenvalue weighted by atomic mass is 32.1. The number of nitrogens with two attached hydrogens (primary N) is 1. The highest BCUT2D eigenvalue weighted by Gasteiger charge is 2.12. The normalized spacial score (nSPS) is 12.2. The maximum Gasteiger partial charge on any atom is 0.221 e. The van der Waals surface area contributed by atoms with Gasteiger partial charge in [0.1, 0.15) is 0 Å². The molecule has 5 heteroatoms. The van der Waals surface area contributed by atoms with Crippen molar-refractivity contribution in [3.63, 3.8) is 0 Å². The van der Waals surface area contributed by atoms with Gasteiger partial charge in [0.25, 0.3) is 0 Å². The first-order valence-electron chi connectivity index (χ1n) is 6.53. The average Bonchev–Trinajstić information content (AvgIpc) is 2.70. The first kappa shape index (κ1) is 14.5. The number of amides is 1. The lowest BCUT2D eigenvalue weighted by molar-refractivity contribution is -0.117. The van der Waals surface area contributed by atoms with Crippen LogP contribution in [0.1, 0.15) is 34.1 Å². The Balaban J connectivity index is 2.06. The van der Waals surface area contributed by atoms with E-state index in [1.165, 1.54) is 4.88 Å². The van der Waals surface area contributed by atoms with Crippen LogP contribution in [0.4, 0.5) is 5.69 Å². The summed E-state index contributed by atoms with van der Waals surface area (Å²) in [6.45, 7) is 6.21. The molecular weight excluding hydrogens is 270 g/mol. The zero-order chi connectivity index (χ0) is 14.7. The molecule has 106 valence electrons. The van der Waals surface area contributed by atoms with Crippen LogP contribution >= 0.6 is 11.3 Å². The third-order valence-corrected chi connectivity index (χ3v) is 3.97. The van der Waals surface area contributed by atoms with E-state index in [4.69, 9.17) is 5.73 Å². The SMILES string of the molecule is Cc1nc(C(C)Nc2ccc(CC(N)=O)cc2)c(C)s1. The number of aromatic nitrogens is 1. The van der Waals surface area contributed by atoms with Crippen LogP contribution in [0.15, 0.2) is 24.3 Å². The fourth-order valence-electron chi connectivity index (χ4n) is 2.19. The van der Waals surface area contributed by atoms with Crippen LogP contribution < -0.4 is 11.1 Å². The number of nitrogens with one attached hydrogen (secondary N) is 1. The van der Waals surface area contributed by atoms with Crippen LogP contribution in [0.5, 0.6) is 0 Å². The summed E-state index contributed by atoms with van der Waals surface area (Å²) in [6.07, 6.45) is 0.278. The predicted molar refractivity (Wildman–Crippen MR) is 83.0 cm³/mol. The molecule has 0 aliphatic carbocycles. The maximum absolute atomic E-state index is 10.9. The minimum Gasteiger partial charge on any atom is -0.377 e. The van der Waals surface area contributed by atoms with E-state index in [9.17, 15) is 4.79 Å². The van der Waals surface area contributed by atoms with Gasteiger partial charge in [-0.05, 0) is 38.5 Å². The minimum atomic E-state index is -0.312. The number of thiazole rings is 1. The van der Waals surface area contributed by atoms with Crippen molar-refractivity contribution in [1.82, 2.24) is 4.98 Å². The summed E-state index contributed by atoms with van der Waals surface area (Å²) in [5.41, 5.74) is 8.21. The van der Waals surface area contributed by atoms with Crippen molar-refractivity contribution >= 4 is 22.9 Å². The number of carbonyl (C=O) groups is 1. The predicted octanol–water partition coefficient (Wildman–Crippen LogP) is 2.96. The van der Waals surface area contributed by atoms with Gasteiger partial charge in [0, 0.05) is 10.6 Å². The van der Waals surface area contributed by atoms with Gasteiger partial charge in [0.2, 0.25) is 5.91 Å². The molecule has 1 amide bonds. The lowest BCUT2D eigenvalue weighted by Gasteiger charge is -2.14. The number of hydrogen-bond acceptors (Lipinski definition) is 4. The molecule has 1 unspecified atom stereocenters. The molecule has 0 radical (unpaired) electrons. The van der Waals surface area contributed by atoms with E-state index < -0.39 is 0 Å². The van der Waals surface area contributed by atoms with Crippen molar-refractivity contribution in [2.45, 2.75) is 33.2 Å². The van der Waals surface area contributed by atoms with Crippen molar-refractivity contribution < 1.29 is 4.79 Å². The Labute approximate surface area is 123 Å². The molecule has 0 aliphatic rings. The van der Waals surface area contributed by atoms with Crippen molar-refractivity contribution in [2.75, 3.05) is 5.32 Å². The molecule has 0 saturated carbocycles. The van der Waals surface area contributed by atoms with E-state index in [1.807, 2.05) is 31.2 Å². The number of benzene rings is 1. The molecule has 2 aromatic rings. The van der Waals surface area contributed by atoms with Gasteiger partial charge in [-0.3, -0.25) is 4.79 Å². The number of primary amides is 1. The second-order valence-corrected chi connectivity index (χ2v) is 6.29. The van der Waals surface area contributed by atoms with E-state index >= 15 is 0 Å². The number of hydrogen-bond donors (Lipinski definition) is 2. The van der Waals surface area contributed by atoms with Crippen LogP contribution in [0.2, 0.25) is 0 Å². The van der Waals surface area contributed by atoms with Crippen LogP contribution in [0, 0.1) is 13.8 Å². The van der Waals surface area contributed by atoms with Crippen molar-refractivity contribution in [2.24, 2.45) is 5.73 Å². The molecule has 4 nitrogen and oxygen atoms in total. The molecule has 20 heavy (non-hydrogen) atoms. The second kappa shape index (κ2) is 6.05. The molecule has 0 spiro atoms. The van der Waals surface area contributed by atoms with Crippen molar-refractivity contribution in [1.29, 1.82) is 0 Å². The molecule has 2 rings (SSSR count). The molecule has 1 aromatic heterocycles. The molecule has 0 bridgehead atoms. The van der Waals surface area contributed by atoms with Gasteiger partial charge in [-0.2, -0.15) is 0 Å². The van der Waals surface area contributed by atoms with Gasteiger partial charge in [-0.1, -0.05) is 12.1 Å². The highest BCUT2D eigenvalue weighted by molar-refractivity contribution is 7.11. The van der Waals surface area contributed by atoms with Crippen LogP contribution in [0.3, 0.4) is 0 Å². The number of aryl methyl sites for hydroxylation is 2. The number of anilines is 1. The summed E-state index contributed by atoms with van der Waals surface area (Å²) < 4.78 is 0. The third kappa shape index (κ3) is 3.57. The average molecular weight is 289 g/mol. The second-order valence-electron chi connectivity index (χ2n) is 4.88. The minimum absolute atomic E-state index is 0.155. The monoisotopic (exact) mass is 289 g/mol. The quantitative estimate of drug-likeness (QED) is 0.889. The Morgan fingerprint density at radius 1 is 1.35 bits per heavy atom. The largest absolute Gasteiger partial charge is 0.377 e. The Hall–Kier alpha value is -1.88. The zero-order valence-electron chi connectivity index (χ0n) is 11.9. The fourth-order valence-corrected chi connectivity index (χ4v) is 3.10. The van der Waals surface area contributed by atoms with Crippen molar-refractivity contribution in [3.05, 3.63) is 45.4 Å². The van der Waals surface area contributed by atoms with Gasteiger partial charge in [-0.15, -0.1) is 11.3 Å². The Kier molecular flexibility index (Phi) is 4.39. The Bertz CT molecular complexity index is 604. The van der Waals surface area contributed by atoms with Crippen LogP contribution in [-0.4, -0.2) is 10.9 Å². The van der Waals surface area contributed by atoms with E-state index in [1.54, 1.807) is 11.3 Å². The number of carbonyl (C=O) groups excluding carboxylic acids is 1. The molecule has 3 N–H and O–H groups in total. The molecule has 0 saturated heterocycles. The van der Waals surface area contributed by atoms with Crippen LogP contribution in [0.25, 0.3) is 0 Å². The first-order valence-corrected chi connectivity index (χ1v) is 7.35. The van der Waals surface area contributed by atoms with Gasteiger partial charge >= 0.3 is 0 Å². The smallest absolute Gasteiger partial charge is 0.221 e. The molecule has 0 aliphatic heterocycles. The summed E-state index contributed by atoms with van der Waals surface area (Å²) in [5, 5.41) is 4.51. The summed E-state index contributed by atoms with van der Waals surface area (Å²) >= 11 is 1.71. The fraction of sp³-hybridized carbons (Fsp3) is 0.333. The number of nitrogens with zero attached hydrogens (tertiary/aromatic N) is 1.